The zero-order valence-electron chi connectivity index (χ0n) is 16.9. The van der Waals surface area contributed by atoms with Crippen molar-refractivity contribution in [2.75, 3.05) is 19.5 Å². The van der Waals surface area contributed by atoms with Crippen LogP contribution in [0.15, 0.2) is 59.1 Å². The van der Waals surface area contributed by atoms with E-state index in [2.05, 4.69) is 21.2 Å². The predicted octanol–water partition coefficient (Wildman–Crippen LogP) is 5.49. The normalized spacial score (nSPS) is 10.5. The van der Waals surface area contributed by atoms with E-state index in [1.807, 2.05) is 0 Å². The topological polar surface area (TPSA) is 77.0 Å². The van der Waals surface area contributed by atoms with E-state index in [1.54, 1.807) is 36.4 Å². The maximum atomic E-state index is 13.8. The minimum absolute atomic E-state index is 0.0618. The lowest BCUT2D eigenvalue weighted by Gasteiger charge is -2.16. The Labute approximate surface area is 187 Å². The average Bonchev–Trinajstić information content (AvgIpc) is 2.77. The number of halogens is 2. The number of carbonyl (C=O) groups is 1. The first-order chi connectivity index (χ1) is 14.9. The molecule has 162 valence electrons. The molecule has 3 aromatic rings. The summed E-state index contributed by atoms with van der Waals surface area (Å²) in [5.74, 6) is 0.121. The van der Waals surface area contributed by atoms with E-state index >= 15 is 0 Å². The molecule has 0 bridgehead atoms. The Morgan fingerprint density at radius 2 is 1.74 bits per heavy atom. The number of rotatable bonds is 9. The number of nitrogens with one attached hydrogen (secondary N) is 1. The zero-order valence-corrected chi connectivity index (χ0v) is 18.5. The Balaban J connectivity index is 1.78. The first-order valence-electron chi connectivity index (χ1n) is 9.30. The van der Waals surface area contributed by atoms with Crippen LogP contribution in [0.3, 0.4) is 0 Å². The molecule has 2 N–H and O–H groups in total. The summed E-state index contributed by atoms with van der Waals surface area (Å²) in [4.78, 5) is 11.3. The maximum absolute atomic E-state index is 13.8. The largest absolute Gasteiger partial charge is 0.495 e. The van der Waals surface area contributed by atoms with E-state index in [9.17, 15) is 14.3 Å². The van der Waals surface area contributed by atoms with E-state index in [0.29, 0.717) is 35.0 Å². The summed E-state index contributed by atoms with van der Waals surface area (Å²) in [7, 11) is 3.04. The number of carboxylic acid groups (broad SMARTS) is 1. The third-order valence-electron chi connectivity index (χ3n) is 4.59. The fraction of sp³-hybridized carbons (Fsp3) is 0.174. The number of carboxylic acids is 1. The first kappa shape index (κ1) is 22.4. The SMILES string of the molecule is COc1ccc(C(=O)O)cc1NCc1cc(OC)c(OCc2ccccc2F)cc1Br. The van der Waals surface area contributed by atoms with E-state index in [1.165, 1.54) is 32.4 Å². The Morgan fingerprint density at radius 1 is 1.00 bits per heavy atom. The molecule has 3 rings (SSSR count). The summed E-state index contributed by atoms with van der Waals surface area (Å²) in [5.41, 5.74) is 1.99. The molecule has 0 unspecified atom stereocenters. The molecule has 0 atom stereocenters. The van der Waals surface area contributed by atoms with Gasteiger partial charge in [0.25, 0.3) is 0 Å². The van der Waals surface area contributed by atoms with Crippen molar-refractivity contribution < 1.29 is 28.5 Å². The second kappa shape index (κ2) is 10.2. The summed E-state index contributed by atoms with van der Waals surface area (Å²) in [5, 5.41) is 12.4. The fourth-order valence-electron chi connectivity index (χ4n) is 2.93. The van der Waals surface area contributed by atoms with Crippen LogP contribution in [-0.4, -0.2) is 25.3 Å². The van der Waals surface area contributed by atoms with Gasteiger partial charge >= 0.3 is 5.97 Å². The lowest BCUT2D eigenvalue weighted by Crippen LogP contribution is -2.06. The number of ether oxygens (including phenoxy) is 3. The van der Waals surface area contributed by atoms with Gasteiger partial charge in [-0.2, -0.15) is 0 Å². The monoisotopic (exact) mass is 489 g/mol. The Morgan fingerprint density at radius 3 is 2.42 bits per heavy atom. The van der Waals surface area contributed by atoms with Gasteiger partial charge in [0.2, 0.25) is 0 Å². The molecule has 0 amide bonds. The van der Waals surface area contributed by atoms with Crippen molar-refractivity contribution in [1.29, 1.82) is 0 Å². The first-order valence-corrected chi connectivity index (χ1v) is 10.1. The summed E-state index contributed by atoms with van der Waals surface area (Å²) in [6.45, 7) is 0.427. The van der Waals surface area contributed by atoms with Crippen molar-refractivity contribution >= 4 is 27.6 Å². The summed E-state index contributed by atoms with van der Waals surface area (Å²) in [6, 6.07) is 14.5. The molecule has 0 heterocycles. The maximum Gasteiger partial charge on any atom is 0.335 e. The predicted molar refractivity (Wildman–Crippen MR) is 119 cm³/mol. The molecule has 0 saturated carbocycles. The second-order valence-electron chi connectivity index (χ2n) is 6.55. The lowest BCUT2D eigenvalue weighted by molar-refractivity contribution is 0.0697. The standard InChI is InChI=1S/C23H21BrFNO5/c1-29-20-8-7-14(23(27)28)9-19(20)26-12-16-10-21(30-2)22(11-17(16)24)31-13-15-5-3-4-6-18(15)25/h3-11,26H,12-13H2,1-2H3,(H,27,28). The van der Waals surface area contributed by atoms with Crippen molar-refractivity contribution in [1.82, 2.24) is 0 Å². The minimum Gasteiger partial charge on any atom is -0.495 e. The molecule has 0 aliphatic heterocycles. The smallest absolute Gasteiger partial charge is 0.335 e. The fourth-order valence-corrected chi connectivity index (χ4v) is 3.39. The van der Waals surface area contributed by atoms with Crippen LogP contribution >= 0.6 is 15.9 Å². The van der Waals surface area contributed by atoms with E-state index < -0.39 is 5.97 Å². The van der Waals surface area contributed by atoms with Gasteiger partial charge in [0.05, 0.1) is 25.5 Å². The molecule has 0 radical (unpaired) electrons. The van der Waals surface area contributed by atoms with Gasteiger partial charge in [0.15, 0.2) is 11.5 Å². The van der Waals surface area contributed by atoms with Gasteiger partial charge in [-0.15, -0.1) is 0 Å². The number of anilines is 1. The van der Waals surface area contributed by atoms with Gasteiger partial charge in [-0.3, -0.25) is 0 Å². The quantitative estimate of drug-likeness (QED) is 0.413. The van der Waals surface area contributed by atoms with Crippen molar-refractivity contribution in [3.63, 3.8) is 0 Å². The molecule has 0 spiro atoms. The van der Waals surface area contributed by atoms with Gasteiger partial charge in [0, 0.05) is 16.6 Å². The van der Waals surface area contributed by atoms with Crippen LogP contribution in [0.2, 0.25) is 0 Å². The molecule has 0 aromatic heterocycles. The summed E-state index contributed by atoms with van der Waals surface area (Å²) < 4.78 is 31.1. The molecule has 8 heteroatoms. The Hall–Kier alpha value is -3.26. The summed E-state index contributed by atoms with van der Waals surface area (Å²) >= 11 is 3.52. The lowest BCUT2D eigenvalue weighted by atomic mass is 10.1. The number of hydrogen-bond donors (Lipinski definition) is 2. The molecular formula is C23H21BrFNO5. The number of hydrogen-bond acceptors (Lipinski definition) is 5. The van der Waals surface area contributed by atoms with Crippen LogP contribution in [0.4, 0.5) is 10.1 Å². The van der Waals surface area contributed by atoms with E-state index in [4.69, 9.17) is 14.2 Å². The molecular weight excluding hydrogens is 469 g/mol. The van der Waals surface area contributed by atoms with E-state index in [0.717, 1.165) is 10.0 Å². The molecule has 0 aliphatic rings. The highest BCUT2D eigenvalue weighted by Crippen LogP contribution is 2.35. The molecule has 31 heavy (non-hydrogen) atoms. The van der Waals surface area contributed by atoms with Gasteiger partial charge in [0.1, 0.15) is 18.2 Å². The van der Waals surface area contributed by atoms with Gasteiger partial charge in [-0.05, 0) is 42.0 Å². The zero-order chi connectivity index (χ0) is 22.4. The Bertz CT molecular complexity index is 1090. The van der Waals surface area contributed by atoms with Crippen LogP contribution in [0.5, 0.6) is 17.2 Å². The van der Waals surface area contributed by atoms with Gasteiger partial charge < -0.3 is 24.6 Å². The highest BCUT2D eigenvalue weighted by Gasteiger charge is 2.14. The minimum atomic E-state index is -1.02. The molecule has 6 nitrogen and oxygen atoms in total. The molecule has 3 aromatic carbocycles. The van der Waals surface area contributed by atoms with Crippen molar-refractivity contribution in [3.05, 3.63) is 81.6 Å². The average molecular weight is 490 g/mol. The third kappa shape index (κ3) is 5.46. The van der Waals surface area contributed by atoms with Gasteiger partial charge in [-0.25, -0.2) is 9.18 Å². The van der Waals surface area contributed by atoms with Crippen LogP contribution in [-0.2, 0) is 13.2 Å². The third-order valence-corrected chi connectivity index (χ3v) is 5.33. The van der Waals surface area contributed by atoms with Gasteiger partial charge in [-0.1, -0.05) is 34.1 Å². The van der Waals surface area contributed by atoms with Crippen molar-refractivity contribution in [2.45, 2.75) is 13.2 Å². The van der Waals surface area contributed by atoms with Crippen LogP contribution in [0.1, 0.15) is 21.5 Å². The second-order valence-corrected chi connectivity index (χ2v) is 7.40. The summed E-state index contributed by atoms with van der Waals surface area (Å²) in [6.07, 6.45) is 0. The molecule has 0 aliphatic carbocycles. The van der Waals surface area contributed by atoms with Crippen LogP contribution < -0.4 is 19.5 Å². The number of aromatic carboxylic acids is 1. The highest BCUT2D eigenvalue weighted by atomic mass is 79.9. The highest BCUT2D eigenvalue weighted by molar-refractivity contribution is 9.10. The van der Waals surface area contributed by atoms with Crippen molar-refractivity contribution in [3.8, 4) is 17.2 Å². The van der Waals surface area contributed by atoms with E-state index in [-0.39, 0.29) is 18.0 Å². The molecule has 0 saturated heterocycles. The number of methoxy groups -OCH3 is 2. The molecule has 0 fully saturated rings. The van der Waals surface area contributed by atoms with Crippen molar-refractivity contribution in [2.24, 2.45) is 0 Å². The van der Waals surface area contributed by atoms with Crippen LogP contribution in [0, 0.1) is 5.82 Å². The van der Waals surface area contributed by atoms with Crippen LogP contribution in [0.25, 0.3) is 0 Å². The number of benzene rings is 3. The Kier molecular flexibility index (Phi) is 7.36.